The molecule has 1 aliphatic rings. The van der Waals surface area contributed by atoms with Gasteiger partial charge in [0.05, 0.1) is 0 Å². The molecule has 1 rings (SSSR count). The Hall–Kier alpha value is 0.733. The molecular weight excluding hydrogens is 291 g/mol. The molecule has 0 aromatic carbocycles. The molecule has 1 aliphatic carbocycles. The predicted molar refractivity (Wildman–Crippen MR) is 26.8 cm³/mol. The molecule has 0 N–H and O–H groups in total. The smallest absolute Gasteiger partial charge is 1.00 e. The van der Waals surface area contributed by atoms with Gasteiger partial charge in [-0.25, -0.2) is 0 Å². The molecule has 0 atom stereocenters. The molecule has 0 radical (unpaired) electrons. The van der Waals surface area contributed by atoms with Crippen LogP contribution in [0.25, 0.3) is 0 Å². The van der Waals surface area contributed by atoms with E-state index < -0.39 is 11.7 Å². The summed E-state index contributed by atoms with van der Waals surface area (Å²) in [6, 6.07) is 0. The Morgan fingerprint density at radius 3 is 1.92 bits per heavy atom. The van der Waals surface area contributed by atoms with Crippen LogP contribution in [-0.4, -0.2) is 6.18 Å². The van der Waals surface area contributed by atoms with Gasteiger partial charge in [-0.15, -0.1) is 0 Å². The van der Waals surface area contributed by atoms with E-state index in [0.29, 0.717) is 9.70 Å². The third kappa shape index (κ3) is 3.63. The number of hydrogen-bond donors (Lipinski definition) is 0. The third-order valence-corrected chi connectivity index (χ3v) is 2.40. The van der Waals surface area contributed by atoms with Crippen molar-refractivity contribution in [3.63, 3.8) is 0 Å². The van der Waals surface area contributed by atoms with E-state index in [4.69, 9.17) is 0 Å². The zero-order chi connectivity index (χ0) is 7.78. The summed E-state index contributed by atoms with van der Waals surface area (Å²) in [5, 5.41) is 0. The second-order valence-electron chi connectivity index (χ2n) is 2.00. The predicted octanol–water partition coefficient (Wildman–Crippen LogP) is -3.68. The van der Waals surface area contributed by atoms with Crippen LogP contribution in [0.15, 0.2) is 21.0 Å². The second kappa shape index (κ2) is 5.46. The molecule has 0 nitrogen and oxygen atoms in total. The summed E-state index contributed by atoms with van der Waals surface area (Å²) in [7, 11) is 0. The SMILES string of the molecule is FC(F)(F)C1=[C]([Zr+2])CC=C1.[Cl-].[Cl-]. The van der Waals surface area contributed by atoms with E-state index in [-0.39, 0.29) is 24.8 Å². The van der Waals surface area contributed by atoms with Crippen molar-refractivity contribution < 1.29 is 62.7 Å². The Morgan fingerprint density at radius 1 is 1.25 bits per heavy atom. The molecule has 12 heavy (non-hydrogen) atoms. The summed E-state index contributed by atoms with van der Waals surface area (Å²) in [6.45, 7) is 0. The van der Waals surface area contributed by atoms with Crippen molar-refractivity contribution in [3.8, 4) is 0 Å². The fraction of sp³-hybridized carbons (Fsp3) is 0.333. The molecular formula is C6H4Cl2F3Zr. The average Bonchev–Trinajstić information content (AvgIpc) is 2.11. The van der Waals surface area contributed by atoms with Crippen LogP contribution >= 0.6 is 0 Å². The standard InChI is InChI=1S/C6H4F3.2ClH.Zr/c7-6(8,9)5-3-1-2-4-5;;;/h1,3H,2H2;2*1H;/q;;;+2/p-2. The topological polar surface area (TPSA) is 0 Å². The number of rotatable bonds is 0. The van der Waals surface area contributed by atoms with Crippen LogP contribution in [0, 0.1) is 0 Å². The number of alkyl halides is 3. The molecule has 0 amide bonds. The van der Waals surface area contributed by atoms with Gasteiger partial charge in [-0.3, -0.25) is 0 Å². The number of allylic oxidation sites excluding steroid dienone is 4. The van der Waals surface area contributed by atoms with Gasteiger partial charge in [-0.2, -0.15) is 0 Å². The summed E-state index contributed by atoms with van der Waals surface area (Å²) >= 11 is 0.862. The summed E-state index contributed by atoms with van der Waals surface area (Å²) in [4.78, 5) is 0. The van der Waals surface area contributed by atoms with E-state index in [0.717, 1.165) is 30.8 Å². The van der Waals surface area contributed by atoms with Crippen LogP contribution in [0.2, 0.25) is 0 Å². The fourth-order valence-corrected chi connectivity index (χ4v) is 1.61. The maximum Gasteiger partial charge on any atom is -1.00 e. The van der Waals surface area contributed by atoms with Gasteiger partial charge < -0.3 is 24.8 Å². The van der Waals surface area contributed by atoms with Gasteiger partial charge in [0.2, 0.25) is 0 Å². The molecule has 0 aliphatic heterocycles. The average molecular weight is 295 g/mol. The third-order valence-electron chi connectivity index (χ3n) is 1.24. The Labute approximate surface area is 96.0 Å². The fourth-order valence-electron chi connectivity index (χ4n) is 0.771. The van der Waals surface area contributed by atoms with Gasteiger partial charge in [-0.1, -0.05) is 0 Å². The van der Waals surface area contributed by atoms with Gasteiger partial charge in [-0.05, 0) is 0 Å². The first-order valence-corrected chi connectivity index (χ1v) is 3.93. The first-order chi connectivity index (χ1) is 4.52. The van der Waals surface area contributed by atoms with E-state index in [2.05, 4.69) is 0 Å². The number of hydrogen-bond acceptors (Lipinski definition) is 0. The summed E-state index contributed by atoms with van der Waals surface area (Å²) in [6.07, 6.45) is -0.949. The normalized spacial score (nSPS) is 15.8. The van der Waals surface area contributed by atoms with Crippen LogP contribution in [0.4, 0.5) is 13.2 Å². The largest absolute Gasteiger partial charge is 1.00 e. The Balaban J connectivity index is 0. The molecule has 0 heterocycles. The minimum absolute atomic E-state index is 0. The van der Waals surface area contributed by atoms with Crippen molar-refractivity contribution >= 4 is 0 Å². The van der Waals surface area contributed by atoms with Crippen molar-refractivity contribution in [3.05, 3.63) is 21.0 Å². The maximum atomic E-state index is 11.9. The quantitative estimate of drug-likeness (QED) is 0.432. The van der Waals surface area contributed by atoms with Crippen LogP contribution in [0.1, 0.15) is 6.42 Å². The van der Waals surface area contributed by atoms with Crippen LogP contribution < -0.4 is 24.8 Å². The monoisotopic (exact) mass is 293 g/mol. The zero-order valence-electron chi connectivity index (χ0n) is 5.75. The molecule has 0 spiro atoms. The Kier molecular flexibility index (Phi) is 6.92. The molecule has 0 unspecified atom stereocenters. The molecule has 0 aromatic heterocycles. The maximum absolute atomic E-state index is 11.9. The Morgan fingerprint density at radius 2 is 1.75 bits per heavy atom. The van der Waals surface area contributed by atoms with E-state index in [1.54, 1.807) is 6.08 Å². The van der Waals surface area contributed by atoms with Gasteiger partial charge >= 0.3 is 71.5 Å². The van der Waals surface area contributed by atoms with Gasteiger partial charge in [0.1, 0.15) is 0 Å². The molecule has 0 saturated heterocycles. The molecule has 6 heteroatoms. The van der Waals surface area contributed by atoms with Crippen molar-refractivity contribution in [2.75, 3.05) is 0 Å². The van der Waals surface area contributed by atoms with E-state index in [9.17, 15) is 13.2 Å². The molecule has 0 saturated carbocycles. The van der Waals surface area contributed by atoms with E-state index in [1.165, 1.54) is 0 Å². The molecule has 0 bridgehead atoms. The zero-order valence-corrected chi connectivity index (χ0v) is 9.72. The molecule has 0 aromatic rings. The van der Waals surface area contributed by atoms with Crippen molar-refractivity contribution in [2.45, 2.75) is 12.6 Å². The van der Waals surface area contributed by atoms with Crippen molar-refractivity contribution in [1.29, 1.82) is 0 Å². The number of halogens is 5. The Bertz CT molecular complexity index is 207. The van der Waals surface area contributed by atoms with Gasteiger partial charge in [0, 0.05) is 0 Å². The molecule has 67 valence electrons. The van der Waals surface area contributed by atoms with Gasteiger partial charge in [0.25, 0.3) is 0 Å². The van der Waals surface area contributed by atoms with Crippen LogP contribution in [0.3, 0.4) is 0 Å². The summed E-state index contributed by atoms with van der Waals surface area (Å²) < 4.78 is 36.2. The van der Waals surface area contributed by atoms with E-state index in [1.807, 2.05) is 0 Å². The molecule has 0 fully saturated rings. The summed E-state index contributed by atoms with van der Waals surface area (Å²) in [5.41, 5.74) is -0.439. The minimum atomic E-state index is -4.13. The minimum Gasteiger partial charge on any atom is -1.00 e. The van der Waals surface area contributed by atoms with Crippen molar-refractivity contribution in [2.24, 2.45) is 0 Å². The second-order valence-corrected chi connectivity index (χ2v) is 3.48. The first kappa shape index (κ1) is 15.2. The van der Waals surface area contributed by atoms with Crippen molar-refractivity contribution in [1.82, 2.24) is 0 Å². The first-order valence-electron chi connectivity index (χ1n) is 2.70. The van der Waals surface area contributed by atoms with E-state index >= 15 is 0 Å². The van der Waals surface area contributed by atoms with Crippen LogP contribution in [0.5, 0.6) is 0 Å². The summed E-state index contributed by atoms with van der Waals surface area (Å²) in [5.74, 6) is 0. The van der Waals surface area contributed by atoms with Crippen LogP contribution in [-0.2, 0) is 24.7 Å². The van der Waals surface area contributed by atoms with Gasteiger partial charge in [0.15, 0.2) is 0 Å².